The Balaban J connectivity index is 4.51. The molecule has 102 valence electrons. The first kappa shape index (κ1) is 16.9. The van der Waals surface area contributed by atoms with Crippen LogP contribution >= 0.6 is 15.9 Å². The van der Waals surface area contributed by atoms with E-state index in [1.54, 1.807) is 0 Å². The van der Waals surface area contributed by atoms with Crippen molar-refractivity contribution in [3.8, 4) is 0 Å². The fraction of sp³-hybridized carbons (Fsp3) is 0.923. The van der Waals surface area contributed by atoms with E-state index in [2.05, 4.69) is 48.5 Å². The van der Waals surface area contributed by atoms with E-state index in [1.807, 2.05) is 0 Å². The van der Waals surface area contributed by atoms with Crippen LogP contribution in [0.1, 0.15) is 40.5 Å². The monoisotopic (exact) mass is 307 g/mol. The molecular weight excluding hydrogens is 282 g/mol. The first-order valence-corrected chi connectivity index (χ1v) is 7.33. The summed E-state index contributed by atoms with van der Waals surface area (Å²) in [5.41, 5.74) is 0. The molecule has 4 heteroatoms. The number of ether oxygens (including phenoxy) is 1. The number of methoxy groups -OCH3 is 1. The fourth-order valence-electron chi connectivity index (χ4n) is 2.06. The number of rotatable bonds is 8. The Morgan fingerprint density at radius 1 is 1.24 bits per heavy atom. The van der Waals surface area contributed by atoms with Gasteiger partial charge in [-0.15, -0.1) is 0 Å². The normalized spacial score (nSPS) is 13.5. The van der Waals surface area contributed by atoms with Crippen LogP contribution < -0.4 is 0 Å². The minimum Gasteiger partial charge on any atom is -0.468 e. The van der Waals surface area contributed by atoms with Gasteiger partial charge in [0, 0.05) is 19.1 Å². The van der Waals surface area contributed by atoms with Crippen LogP contribution in [0.15, 0.2) is 0 Å². The molecule has 0 saturated carbocycles. The van der Waals surface area contributed by atoms with Crippen molar-refractivity contribution in [1.82, 2.24) is 4.90 Å². The van der Waals surface area contributed by atoms with Crippen LogP contribution in [0.2, 0.25) is 0 Å². The molecule has 0 aromatic heterocycles. The van der Waals surface area contributed by atoms with Crippen LogP contribution in [0.3, 0.4) is 0 Å². The zero-order valence-corrected chi connectivity index (χ0v) is 13.3. The number of carbonyl (C=O) groups excluding carboxylic acids is 1. The Labute approximate surface area is 114 Å². The summed E-state index contributed by atoms with van der Waals surface area (Å²) in [6.07, 6.45) is 2.23. The summed E-state index contributed by atoms with van der Waals surface area (Å²) < 4.78 is 4.75. The highest BCUT2D eigenvalue weighted by atomic mass is 79.9. The van der Waals surface area contributed by atoms with Crippen LogP contribution in [0, 0.1) is 5.92 Å². The number of carbonyl (C=O) groups is 1. The zero-order valence-electron chi connectivity index (χ0n) is 11.7. The van der Waals surface area contributed by atoms with Crippen LogP contribution in [0.5, 0.6) is 0 Å². The lowest BCUT2D eigenvalue weighted by atomic mass is 10.1. The van der Waals surface area contributed by atoms with Gasteiger partial charge in [0.1, 0.15) is 4.83 Å². The summed E-state index contributed by atoms with van der Waals surface area (Å²) in [6.45, 7) is 10.5. The van der Waals surface area contributed by atoms with Gasteiger partial charge in [-0.05, 0) is 18.8 Å². The molecule has 1 unspecified atom stereocenters. The predicted molar refractivity (Wildman–Crippen MR) is 75.5 cm³/mol. The quantitative estimate of drug-likeness (QED) is 0.510. The van der Waals surface area contributed by atoms with Gasteiger partial charge >= 0.3 is 5.97 Å². The Morgan fingerprint density at radius 3 is 2.12 bits per heavy atom. The number of hydrogen-bond donors (Lipinski definition) is 0. The van der Waals surface area contributed by atoms with E-state index in [1.165, 1.54) is 7.11 Å². The molecule has 0 spiro atoms. The van der Waals surface area contributed by atoms with Gasteiger partial charge in [0.15, 0.2) is 0 Å². The van der Waals surface area contributed by atoms with Crippen molar-refractivity contribution in [2.75, 3.05) is 20.2 Å². The third-order valence-corrected chi connectivity index (χ3v) is 3.57. The lowest BCUT2D eigenvalue weighted by molar-refractivity contribution is -0.140. The van der Waals surface area contributed by atoms with Crippen LogP contribution in [-0.2, 0) is 9.53 Å². The maximum Gasteiger partial charge on any atom is 0.320 e. The average Bonchev–Trinajstić information content (AvgIpc) is 2.28. The van der Waals surface area contributed by atoms with Gasteiger partial charge in [-0.25, -0.2) is 0 Å². The molecule has 0 amide bonds. The van der Waals surface area contributed by atoms with E-state index >= 15 is 0 Å². The minimum atomic E-state index is -0.230. The molecule has 17 heavy (non-hydrogen) atoms. The molecule has 0 N–H and O–H groups in total. The largest absolute Gasteiger partial charge is 0.468 e. The van der Waals surface area contributed by atoms with E-state index in [0.717, 1.165) is 25.9 Å². The fourth-order valence-corrected chi connectivity index (χ4v) is 2.61. The molecular formula is C13H26BrNO2. The molecule has 0 saturated heterocycles. The lowest BCUT2D eigenvalue weighted by Gasteiger charge is -2.32. The molecule has 1 atom stereocenters. The first-order valence-electron chi connectivity index (χ1n) is 6.42. The van der Waals surface area contributed by atoms with Gasteiger partial charge in [-0.1, -0.05) is 43.6 Å². The molecule has 0 heterocycles. The predicted octanol–water partition coefficient (Wildman–Crippen LogP) is 3.07. The molecule has 0 bridgehead atoms. The number of nitrogens with zero attached hydrogens (tertiary/aromatic N) is 1. The number of hydrogen-bond acceptors (Lipinski definition) is 3. The van der Waals surface area contributed by atoms with E-state index in [9.17, 15) is 4.79 Å². The zero-order chi connectivity index (χ0) is 13.4. The van der Waals surface area contributed by atoms with E-state index in [-0.39, 0.29) is 10.8 Å². The first-order chi connectivity index (χ1) is 7.96. The van der Waals surface area contributed by atoms with Gasteiger partial charge in [0.2, 0.25) is 0 Å². The summed E-state index contributed by atoms with van der Waals surface area (Å²) in [5, 5.41) is 0. The standard InChI is InChI=1S/C13H26BrNO2/c1-6-11(7-2)15(8-10(3)4)9-12(14)13(16)17-5/h10-12H,6-9H2,1-5H3. The number of esters is 1. The summed E-state index contributed by atoms with van der Waals surface area (Å²) in [5.74, 6) is 0.414. The highest BCUT2D eigenvalue weighted by Crippen LogP contribution is 2.15. The van der Waals surface area contributed by atoms with Crippen molar-refractivity contribution in [1.29, 1.82) is 0 Å². The van der Waals surface area contributed by atoms with Crippen LogP contribution in [-0.4, -0.2) is 41.9 Å². The van der Waals surface area contributed by atoms with Crippen molar-refractivity contribution in [2.45, 2.75) is 51.4 Å². The lowest BCUT2D eigenvalue weighted by Crippen LogP contribution is -2.42. The van der Waals surface area contributed by atoms with Crippen molar-refractivity contribution >= 4 is 21.9 Å². The molecule has 0 radical (unpaired) electrons. The van der Waals surface area contributed by atoms with Crippen molar-refractivity contribution < 1.29 is 9.53 Å². The van der Waals surface area contributed by atoms with Crippen LogP contribution in [0.25, 0.3) is 0 Å². The minimum absolute atomic E-state index is 0.190. The maximum absolute atomic E-state index is 11.4. The second-order valence-electron chi connectivity index (χ2n) is 4.81. The molecule has 0 aliphatic rings. The Morgan fingerprint density at radius 2 is 1.76 bits per heavy atom. The maximum atomic E-state index is 11.4. The van der Waals surface area contributed by atoms with Crippen LogP contribution in [0.4, 0.5) is 0 Å². The topological polar surface area (TPSA) is 29.5 Å². The molecule has 0 aliphatic carbocycles. The van der Waals surface area contributed by atoms with E-state index in [0.29, 0.717) is 12.0 Å². The SMILES string of the molecule is CCC(CC)N(CC(C)C)CC(Br)C(=O)OC. The van der Waals surface area contributed by atoms with Gasteiger partial charge in [-0.3, -0.25) is 9.69 Å². The summed E-state index contributed by atoms with van der Waals surface area (Å²) in [7, 11) is 1.43. The van der Waals surface area contributed by atoms with Crippen molar-refractivity contribution in [3.63, 3.8) is 0 Å². The molecule has 0 rings (SSSR count). The van der Waals surface area contributed by atoms with E-state index in [4.69, 9.17) is 4.74 Å². The van der Waals surface area contributed by atoms with E-state index < -0.39 is 0 Å². The average molecular weight is 308 g/mol. The van der Waals surface area contributed by atoms with Gasteiger partial charge in [-0.2, -0.15) is 0 Å². The molecule has 0 aliphatic heterocycles. The smallest absolute Gasteiger partial charge is 0.320 e. The molecule has 0 aromatic carbocycles. The number of alkyl halides is 1. The third-order valence-electron chi connectivity index (χ3n) is 2.91. The van der Waals surface area contributed by atoms with Gasteiger partial charge in [0.25, 0.3) is 0 Å². The Hall–Kier alpha value is -0.0900. The molecule has 0 fully saturated rings. The summed E-state index contributed by atoms with van der Waals surface area (Å²) in [4.78, 5) is 13.6. The summed E-state index contributed by atoms with van der Waals surface area (Å²) in [6, 6.07) is 0.544. The second kappa shape index (κ2) is 8.92. The van der Waals surface area contributed by atoms with Gasteiger partial charge in [0.05, 0.1) is 7.11 Å². The Kier molecular flexibility index (Phi) is 8.88. The molecule has 0 aromatic rings. The van der Waals surface area contributed by atoms with Crippen molar-refractivity contribution in [3.05, 3.63) is 0 Å². The van der Waals surface area contributed by atoms with Crippen molar-refractivity contribution in [2.24, 2.45) is 5.92 Å². The second-order valence-corrected chi connectivity index (χ2v) is 5.91. The highest BCUT2D eigenvalue weighted by molar-refractivity contribution is 9.10. The summed E-state index contributed by atoms with van der Waals surface area (Å²) >= 11 is 3.40. The Bertz CT molecular complexity index is 217. The number of halogens is 1. The van der Waals surface area contributed by atoms with Gasteiger partial charge < -0.3 is 4.74 Å². The molecule has 3 nitrogen and oxygen atoms in total. The highest BCUT2D eigenvalue weighted by Gasteiger charge is 2.23. The third kappa shape index (κ3) is 6.41.